The number of pyridine rings is 1. The molecule has 1 unspecified atom stereocenters. The predicted molar refractivity (Wildman–Crippen MR) is 94.3 cm³/mol. The fourth-order valence-corrected chi connectivity index (χ4v) is 3.05. The lowest BCUT2D eigenvalue weighted by molar-refractivity contribution is 0.0945. The molecule has 1 N–H and O–H groups in total. The zero-order valence-electron chi connectivity index (χ0n) is 13.9. The van der Waals surface area contributed by atoms with Gasteiger partial charge in [0.1, 0.15) is 5.52 Å². The summed E-state index contributed by atoms with van der Waals surface area (Å²) in [6.45, 7) is 2.85. The monoisotopic (exact) mass is 336 g/mol. The largest absolute Gasteiger partial charge is 0.381 e. The van der Waals surface area contributed by atoms with Crippen molar-refractivity contribution in [3.05, 3.63) is 60.0 Å². The average Bonchev–Trinajstić information content (AvgIpc) is 3.30. The maximum Gasteiger partial charge on any atom is 0.252 e. The smallest absolute Gasteiger partial charge is 0.252 e. The van der Waals surface area contributed by atoms with Gasteiger partial charge in [0.05, 0.1) is 25.0 Å². The summed E-state index contributed by atoms with van der Waals surface area (Å²) >= 11 is 0. The standard InChI is InChI=1S/C19H20N4O2/c24-19(21-9-15-6-7-25-12-15)16-8-17-18(20-10-16)23(13-22-17)11-14-4-2-1-3-5-14/h1-5,8,10,13,15H,6-7,9,11-12H2,(H,21,24). The van der Waals surface area contributed by atoms with Crippen LogP contribution in [0.4, 0.5) is 0 Å². The molecule has 6 nitrogen and oxygen atoms in total. The van der Waals surface area contributed by atoms with Crippen LogP contribution in [0, 0.1) is 5.92 Å². The Morgan fingerprint density at radius 3 is 2.96 bits per heavy atom. The number of hydrogen-bond acceptors (Lipinski definition) is 4. The van der Waals surface area contributed by atoms with Crippen molar-refractivity contribution in [1.29, 1.82) is 0 Å². The molecule has 0 aliphatic carbocycles. The number of carbonyl (C=O) groups is 1. The number of ether oxygens (including phenoxy) is 1. The van der Waals surface area contributed by atoms with Gasteiger partial charge < -0.3 is 14.6 Å². The highest BCUT2D eigenvalue weighted by Gasteiger charge is 2.17. The van der Waals surface area contributed by atoms with Gasteiger partial charge in [-0.25, -0.2) is 9.97 Å². The summed E-state index contributed by atoms with van der Waals surface area (Å²) in [5.41, 5.74) is 3.23. The molecular formula is C19H20N4O2. The Morgan fingerprint density at radius 1 is 1.28 bits per heavy atom. The van der Waals surface area contributed by atoms with Gasteiger partial charge in [-0.1, -0.05) is 30.3 Å². The van der Waals surface area contributed by atoms with Gasteiger partial charge >= 0.3 is 0 Å². The van der Waals surface area contributed by atoms with Crippen molar-refractivity contribution in [3.63, 3.8) is 0 Å². The molecule has 1 aromatic carbocycles. The molecule has 0 radical (unpaired) electrons. The maximum atomic E-state index is 12.3. The molecule has 25 heavy (non-hydrogen) atoms. The van der Waals surface area contributed by atoms with E-state index in [4.69, 9.17) is 4.74 Å². The minimum absolute atomic E-state index is 0.112. The topological polar surface area (TPSA) is 69.0 Å². The van der Waals surface area contributed by atoms with Gasteiger partial charge in [-0.15, -0.1) is 0 Å². The molecule has 0 bridgehead atoms. The molecule has 1 amide bonds. The van der Waals surface area contributed by atoms with E-state index in [1.807, 2.05) is 22.8 Å². The van der Waals surface area contributed by atoms with Crippen molar-refractivity contribution in [1.82, 2.24) is 19.9 Å². The quantitative estimate of drug-likeness (QED) is 0.776. The number of benzene rings is 1. The molecule has 1 saturated heterocycles. The molecule has 0 saturated carbocycles. The molecule has 4 rings (SSSR count). The molecular weight excluding hydrogens is 316 g/mol. The van der Waals surface area contributed by atoms with Crippen LogP contribution in [-0.2, 0) is 11.3 Å². The zero-order chi connectivity index (χ0) is 17.1. The second-order valence-corrected chi connectivity index (χ2v) is 6.36. The summed E-state index contributed by atoms with van der Waals surface area (Å²) in [5.74, 6) is 0.296. The predicted octanol–water partition coefficient (Wildman–Crippen LogP) is 2.25. The Bertz CT molecular complexity index is 870. The summed E-state index contributed by atoms with van der Waals surface area (Å²) in [5, 5.41) is 2.96. The van der Waals surface area contributed by atoms with Crippen LogP contribution in [-0.4, -0.2) is 40.2 Å². The number of nitrogens with one attached hydrogen (secondary N) is 1. The summed E-state index contributed by atoms with van der Waals surface area (Å²) in [6.07, 6.45) is 4.38. The highest BCUT2D eigenvalue weighted by molar-refractivity contribution is 5.96. The molecule has 128 valence electrons. The van der Waals surface area contributed by atoms with Gasteiger partial charge in [-0.05, 0) is 18.1 Å². The van der Waals surface area contributed by atoms with E-state index in [1.165, 1.54) is 5.56 Å². The highest BCUT2D eigenvalue weighted by Crippen LogP contribution is 2.15. The first-order valence-electron chi connectivity index (χ1n) is 8.50. The van der Waals surface area contributed by atoms with Gasteiger partial charge in [-0.2, -0.15) is 0 Å². The third kappa shape index (κ3) is 3.53. The molecule has 1 fully saturated rings. The van der Waals surface area contributed by atoms with Crippen molar-refractivity contribution in [2.75, 3.05) is 19.8 Å². The molecule has 1 atom stereocenters. The zero-order valence-corrected chi connectivity index (χ0v) is 13.9. The lowest BCUT2D eigenvalue weighted by atomic mass is 10.1. The van der Waals surface area contributed by atoms with Gasteiger partial charge in [0.15, 0.2) is 5.65 Å². The first kappa shape index (κ1) is 15.8. The minimum atomic E-state index is -0.112. The number of aromatic nitrogens is 3. The maximum absolute atomic E-state index is 12.3. The first-order valence-corrected chi connectivity index (χ1v) is 8.50. The van der Waals surface area contributed by atoms with Crippen LogP contribution >= 0.6 is 0 Å². The van der Waals surface area contributed by atoms with Crippen LogP contribution in [0.1, 0.15) is 22.3 Å². The number of hydrogen-bond donors (Lipinski definition) is 1. The van der Waals surface area contributed by atoms with Crippen LogP contribution in [0.5, 0.6) is 0 Å². The van der Waals surface area contributed by atoms with Gasteiger partial charge in [-0.3, -0.25) is 4.79 Å². The van der Waals surface area contributed by atoms with Crippen molar-refractivity contribution in [3.8, 4) is 0 Å². The summed E-state index contributed by atoms with van der Waals surface area (Å²) in [7, 11) is 0. The Morgan fingerprint density at radius 2 is 2.16 bits per heavy atom. The molecule has 1 aliphatic rings. The lowest BCUT2D eigenvalue weighted by Crippen LogP contribution is -2.29. The third-order valence-electron chi connectivity index (χ3n) is 4.49. The third-order valence-corrected chi connectivity index (χ3v) is 4.49. The second-order valence-electron chi connectivity index (χ2n) is 6.36. The van der Waals surface area contributed by atoms with E-state index in [9.17, 15) is 4.79 Å². The lowest BCUT2D eigenvalue weighted by Gasteiger charge is -2.09. The highest BCUT2D eigenvalue weighted by atomic mass is 16.5. The van der Waals surface area contributed by atoms with E-state index in [1.54, 1.807) is 18.6 Å². The van der Waals surface area contributed by atoms with Crippen LogP contribution in [0.2, 0.25) is 0 Å². The summed E-state index contributed by atoms with van der Waals surface area (Å²) < 4.78 is 7.32. The second kappa shape index (κ2) is 7.03. The van der Waals surface area contributed by atoms with E-state index < -0.39 is 0 Å². The number of amides is 1. The van der Waals surface area contributed by atoms with Crippen molar-refractivity contribution >= 4 is 17.1 Å². The van der Waals surface area contributed by atoms with E-state index in [-0.39, 0.29) is 5.91 Å². The van der Waals surface area contributed by atoms with Crippen molar-refractivity contribution in [2.24, 2.45) is 5.92 Å². The fraction of sp³-hybridized carbons (Fsp3) is 0.316. The molecule has 6 heteroatoms. The number of rotatable bonds is 5. The van der Waals surface area contributed by atoms with Crippen LogP contribution in [0.15, 0.2) is 48.9 Å². The molecule has 3 aromatic rings. The fourth-order valence-electron chi connectivity index (χ4n) is 3.05. The number of carbonyl (C=O) groups excluding carboxylic acids is 1. The molecule has 1 aliphatic heterocycles. The van der Waals surface area contributed by atoms with E-state index in [2.05, 4.69) is 27.4 Å². The molecule has 0 spiro atoms. The van der Waals surface area contributed by atoms with Gasteiger partial charge in [0.2, 0.25) is 0 Å². The van der Waals surface area contributed by atoms with Crippen molar-refractivity contribution < 1.29 is 9.53 Å². The normalized spacial score (nSPS) is 17.0. The van der Waals surface area contributed by atoms with E-state index >= 15 is 0 Å². The Balaban J connectivity index is 1.48. The number of imidazole rings is 1. The summed E-state index contributed by atoms with van der Waals surface area (Å²) in [6, 6.07) is 12.0. The van der Waals surface area contributed by atoms with E-state index in [0.29, 0.717) is 24.6 Å². The summed E-state index contributed by atoms with van der Waals surface area (Å²) in [4.78, 5) is 21.2. The van der Waals surface area contributed by atoms with Crippen molar-refractivity contribution in [2.45, 2.75) is 13.0 Å². The van der Waals surface area contributed by atoms with Gasteiger partial charge in [0, 0.05) is 25.3 Å². The molecule has 3 heterocycles. The average molecular weight is 336 g/mol. The van der Waals surface area contributed by atoms with Gasteiger partial charge in [0.25, 0.3) is 5.91 Å². The Labute approximate surface area is 145 Å². The van der Waals surface area contributed by atoms with Crippen LogP contribution in [0.25, 0.3) is 11.2 Å². The number of fused-ring (bicyclic) bond motifs is 1. The molecule has 2 aromatic heterocycles. The Hall–Kier alpha value is -2.73. The first-order chi connectivity index (χ1) is 12.3. The SMILES string of the molecule is O=C(NCC1CCOC1)c1cnc2c(c1)ncn2Cc1ccccc1. The minimum Gasteiger partial charge on any atom is -0.381 e. The number of nitrogens with zero attached hydrogens (tertiary/aromatic N) is 3. The van der Waals surface area contributed by atoms with Crippen LogP contribution < -0.4 is 5.32 Å². The van der Waals surface area contributed by atoms with E-state index in [0.717, 1.165) is 30.8 Å². The van der Waals surface area contributed by atoms with Crippen LogP contribution in [0.3, 0.4) is 0 Å². The Kier molecular flexibility index (Phi) is 4.43.